The van der Waals surface area contributed by atoms with E-state index in [0.29, 0.717) is 51.1 Å². The topological polar surface area (TPSA) is 69.7 Å². The molecule has 0 atom stereocenters. The minimum absolute atomic E-state index is 0.101. The quantitative estimate of drug-likeness (QED) is 0.150. The smallest absolute Gasteiger partial charge is 0.308 e. The highest BCUT2D eigenvalue weighted by Gasteiger charge is 2.37. The largest absolute Gasteiger partial charge is 0.469 e. The van der Waals surface area contributed by atoms with E-state index in [1.165, 1.54) is 40.6 Å². The lowest BCUT2D eigenvalue weighted by Gasteiger charge is -2.33. The number of esters is 1. The van der Waals surface area contributed by atoms with E-state index >= 15 is 0 Å². The molecule has 0 N–H and O–H groups in total. The number of halogens is 1. The molecule has 5 aromatic rings. The fourth-order valence-corrected chi connectivity index (χ4v) is 7.83. The Hall–Kier alpha value is -4.26. The number of carbonyl (C=O) groups is 1. The first kappa shape index (κ1) is 26.9. The van der Waals surface area contributed by atoms with Gasteiger partial charge in [0.1, 0.15) is 5.82 Å². The zero-order valence-corrected chi connectivity index (χ0v) is 23.9. The molecule has 6 nitrogen and oxygen atoms in total. The Kier molecular flexibility index (Phi) is 6.76. The molecule has 3 aromatic carbocycles. The molecule has 41 heavy (non-hydrogen) atoms. The highest BCUT2D eigenvalue weighted by molar-refractivity contribution is 7.90. The lowest BCUT2D eigenvalue weighted by Crippen LogP contribution is -2.29. The normalized spacial score (nSPS) is 16.7. The van der Waals surface area contributed by atoms with Gasteiger partial charge >= 0.3 is 5.97 Å². The SMILES string of the molecule is [C-]#[N+]c1sccc1-c1c(-c2cccc(C3CC(C(=O)OC)C3)c2)n(S(=O)(=O)c2ccc(C)cc2)c2ccc(F)cc12. The van der Waals surface area contributed by atoms with Gasteiger partial charge in [0, 0.05) is 22.1 Å². The Labute approximate surface area is 241 Å². The van der Waals surface area contributed by atoms with Crippen molar-refractivity contribution >= 4 is 43.2 Å². The maximum absolute atomic E-state index is 14.7. The van der Waals surface area contributed by atoms with Gasteiger partial charge in [0.25, 0.3) is 10.0 Å². The fraction of sp³-hybridized carbons (Fsp3) is 0.188. The first-order valence-corrected chi connectivity index (χ1v) is 15.3. The van der Waals surface area contributed by atoms with Crippen LogP contribution in [0.2, 0.25) is 0 Å². The van der Waals surface area contributed by atoms with E-state index in [0.717, 1.165) is 11.1 Å². The molecule has 0 amide bonds. The van der Waals surface area contributed by atoms with Gasteiger partial charge in [0.05, 0.1) is 35.7 Å². The van der Waals surface area contributed by atoms with E-state index in [1.807, 2.05) is 31.2 Å². The van der Waals surface area contributed by atoms with Gasteiger partial charge in [-0.05, 0) is 73.0 Å². The number of hydrogen-bond donors (Lipinski definition) is 0. The summed E-state index contributed by atoms with van der Waals surface area (Å²) in [6.07, 6.45) is 1.29. The third-order valence-electron chi connectivity index (χ3n) is 7.77. The van der Waals surface area contributed by atoms with Crippen LogP contribution in [0.1, 0.15) is 29.9 Å². The minimum Gasteiger partial charge on any atom is -0.469 e. The molecule has 1 aliphatic rings. The van der Waals surface area contributed by atoms with Crippen molar-refractivity contribution in [3.63, 3.8) is 0 Å². The van der Waals surface area contributed by atoms with Crippen LogP contribution in [0.4, 0.5) is 9.39 Å². The number of aryl methyl sites for hydroxylation is 1. The summed E-state index contributed by atoms with van der Waals surface area (Å²) in [5, 5.41) is 2.57. The Morgan fingerprint density at radius 3 is 2.54 bits per heavy atom. The number of rotatable bonds is 6. The van der Waals surface area contributed by atoms with Gasteiger partial charge in [0.2, 0.25) is 5.00 Å². The second-order valence-electron chi connectivity index (χ2n) is 10.2. The van der Waals surface area contributed by atoms with Gasteiger partial charge in [-0.2, -0.15) is 11.3 Å². The first-order valence-electron chi connectivity index (χ1n) is 13.0. The van der Waals surface area contributed by atoms with Gasteiger partial charge < -0.3 is 4.74 Å². The summed E-state index contributed by atoms with van der Waals surface area (Å²) < 4.78 is 49.7. The average Bonchev–Trinajstić information content (AvgIpc) is 3.54. The number of methoxy groups -OCH3 is 1. The molecule has 0 radical (unpaired) electrons. The van der Waals surface area contributed by atoms with Crippen LogP contribution in [0.15, 0.2) is 83.1 Å². The molecule has 2 aromatic heterocycles. The number of aromatic nitrogens is 1. The molecular formula is C32H25FN2O4S2. The molecule has 1 saturated carbocycles. The molecule has 0 aliphatic heterocycles. The lowest BCUT2D eigenvalue weighted by atomic mass is 9.71. The Morgan fingerprint density at radius 1 is 1.07 bits per heavy atom. The van der Waals surface area contributed by atoms with Crippen LogP contribution >= 0.6 is 11.3 Å². The molecule has 9 heteroatoms. The summed E-state index contributed by atoms with van der Waals surface area (Å²) in [4.78, 5) is 15.8. The van der Waals surface area contributed by atoms with E-state index in [2.05, 4.69) is 4.85 Å². The molecular weight excluding hydrogens is 559 g/mol. The summed E-state index contributed by atoms with van der Waals surface area (Å²) in [5.41, 5.74) is 4.23. The third kappa shape index (κ3) is 4.53. The number of ether oxygens (including phenoxy) is 1. The van der Waals surface area contributed by atoms with E-state index in [1.54, 1.807) is 35.7 Å². The van der Waals surface area contributed by atoms with Gasteiger partial charge in [-0.15, -0.1) is 0 Å². The molecule has 0 saturated heterocycles. The van der Waals surface area contributed by atoms with Crippen molar-refractivity contribution in [1.82, 2.24) is 3.97 Å². The molecule has 206 valence electrons. The Morgan fingerprint density at radius 2 is 1.83 bits per heavy atom. The lowest BCUT2D eigenvalue weighted by molar-refractivity contribution is -0.148. The van der Waals surface area contributed by atoms with Crippen LogP contribution in [0.25, 0.3) is 38.1 Å². The minimum atomic E-state index is -4.15. The highest BCUT2D eigenvalue weighted by atomic mass is 32.2. The second kappa shape index (κ2) is 10.3. The number of thiophene rings is 1. The summed E-state index contributed by atoms with van der Waals surface area (Å²) in [6.45, 7) is 9.63. The number of carbonyl (C=O) groups excluding carboxylic acids is 1. The number of nitrogens with zero attached hydrogens (tertiary/aromatic N) is 2. The summed E-state index contributed by atoms with van der Waals surface area (Å²) in [6, 6.07) is 20.1. The highest BCUT2D eigenvalue weighted by Crippen LogP contribution is 2.49. The predicted molar refractivity (Wildman–Crippen MR) is 158 cm³/mol. The van der Waals surface area contributed by atoms with Crippen molar-refractivity contribution in [2.45, 2.75) is 30.6 Å². The van der Waals surface area contributed by atoms with Gasteiger partial charge in [-0.1, -0.05) is 42.0 Å². The molecule has 0 bridgehead atoms. The van der Waals surface area contributed by atoms with Crippen LogP contribution in [-0.2, 0) is 19.6 Å². The van der Waals surface area contributed by atoms with Crippen LogP contribution in [0.3, 0.4) is 0 Å². The second-order valence-corrected chi connectivity index (χ2v) is 12.9. The first-order chi connectivity index (χ1) is 19.7. The number of fused-ring (bicyclic) bond motifs is 1. The maximum atomic E-state index is 14.7. The molecule has 0 spiro atoms. The van der Waals surface area contributed by atoms with Crippen molar-refractivity contribution in [3.8, 4) is 22.4 Å². The fourth-order valence-electron chi connectivity index (χ4n) is 5.60. The summed E-state index contributed by atoms with van der Waals surface area (Å²) >= 11 is 1.25. The molecule has 1 fully saturated rings. The van der Waals surface area contributed by atoms with Crippen LogP contribution in [-0.4, -0.2) is 25.5 Å². The van der Waals surface area contributed by atoms with Gasteiger partial charge in [-0.3, -0.25) is 4.79 Å². The zero-order chi connectivity index (χ0) is 28.9. The average molecular weight is 585 g/mol. The predicted octanol–water partition coefficient (Wildman–Crippen LogP) is 7.94. The molecule has 2 heterocycles. The van der Waals surface area contributed by atoms with E-state index in [9.17, 15) is 17.6 Å². The van der Waals surface area contributed by atoms with Crippen molar-refractivity contribution in [1.29, 1.82) is 0 Å². The van der Waals surface area contributed by atoms with E-state index in [4.69, 9.17) is 11.3 Å². The molecule has 0 unspecified atom stereocenters. The Bertz CT molecular complexity index is 1960. The van der Waals surface area contributed by atoms with Crippen LogP contribution < -0.4 is 0 Å². The van der Waals surface area contributed by atoms with Crippen LogP contribution in [0, 0.1) is 25.2 Å². The number of benzene rings is 3. The van der Waals surface area contributed by atoms with Crippen LogP contribution in [0.5, 0.6) is 0 Å². The number of hydrogen-bond acceptors (Lipinski definition) is 5. The maximum Gasteiger partial charge on any atom is 0.308 e. The summed E-state index contributed by atoms with van der Waals surface area (Å²) in [7, 11) is -2.77. The van der Waals surface area contributed by atoms with E-state index in [-0.39, 0.29) is 22.7 Å². The van der Waals surface area contributed by atoms with Crippen molar-refractivity contribution in [3.05, 3.63) is 107 Å². The summed E-state index contributed by atoms with van der Waals surface area (Å²) in [5.74, 6) is -0.777. The Balaban J connectivity index is 1.64. The van der Waals surface area contributed by atoms with Crippen molar-refractivity contribution in [2.75, 3.05) is 7.11 Å². The monoisotopic (exact) mass is 584 g/mol. The van der Waals surface area contributed by atoms with Crippen molar-refractivity contribution < 1.29 is 22.3 Å². The zero-order valence-electron chi connectivity index (χ0n) is 22.3. The van der Waals surface area contributed by atoms with Gasteiger partial charge in [-0.25, -0.2) is 21.6 Å². The third-order valence-corrected chi connectivity index (χ3v) is 10.3. The van der Waals surface area contributed by atoms with Crippen molar-refractivity contribution in [2.24, 2.45) is 5.92 Å². The van der Waals surface area contributed by atoms with Gasteiger partial charge in [0.15, 0.2) is 0 Å². The molecule has 6 rings (SSSR count). The molecule has 1 aliphatic carbocycles. The van der Waals surface area contributed by atoms with E-state index < -0.39 is 15.8 Å². The standard InChI is InChI=1S/C32H25FN2O4S2/c1-19-7-10-25(11-8-19)41(37,38)35-28-12-9-24(33)18-27(28)29(26-13-14-40-31(26)34-2)30(35)21-6-4-5-20(15-21)22-16-23(17-22)32(36)39-3/h4-15,18,22-23H,16-17H2,1,3H3.